The van der Waals surface area contributed by atoms with Crippen molar-refractivity contribution >= 4 is 27.9 Å². The van der Waals surface area contributed by atoms with E-state index in [0.717, 1.165) is 30.2 Å². The lowest BCUT2D eigenvalue weighted by Gasteiger charge is -2.04. The van der Waals surface area contributed by atoms with E-state index in [1.165, 1.54) is 0 Å². The van der Waals surface area contributed by atoms with Gasteiger partial charge < -0.3 is 9.47 Å². The summed E-state index contributed by atoms with van der Waals surface area (Å²) in [5, 5.41) is 0. The van der Waals surface area contributed by atoms with Crippen molar-refractivity contribution in [1.29, 1.82) is 0 Å². The summed E-state index contributed by atoms with van der Waals surface area (Å²) in [6.07, 6.45) is 3.53. The second kappa shape index (κ2) is 9.56. The fraction of sp³-hybridized carbons (Fsp3) is 0.400. The molecule has 0 saturated heterocycles. The van der Waals surface area contributed by atoms with Gasteiger partial charge in [-0.2, -0.15) is 0 Å². The van der Waals surface area contributed by atoms with E-state index in [0.29, 0.717) is 35.5 Å². The molecule has 0 aliphatic heterocycles. The molecule has 2 rings (SSSR count). The number of carbonyl (C=O) groups is 2. The van der Waals surface area contributed by atoms with Gasteiger partial charge in [-0.1, -0.05) is 54.8 Å². The maximum absolute atomic E-state index is 12.4. The van der Waals surface area contributed by atoms with Crippen LogP contribution in [0.3, 0.4) is 0 Å². The highest BCUT2D eigenvalue weighted by atomic mass is 79.9. The second-order valence-electron chi connectivity index (χ2n) is 5.83. The van der Waals surface area contributed by atoms with E-state index in [1.807, 2.05) is 38.1 Å². The largest absolute Gasteiger partial charge is 0.462 e. The molecule has 25 heavy (non-hydrogen) atoms. The van der Waals surface area contributed by atoms with E-state index in [9.17, 15) is 9.59 Å². The minimum atomic E-state index is -0.409. The van der Waals surface area contributed by atoms with E-state index in [-0.39, 0.29) is 0 Å². The van der Waals surface area contributed by atoms with Crippen molar-refractivity contribution in [1.82, 2.24) is 0 Å². The van der Waals surface area contributed by atoms with E-state index >= 15 is 0 Å². The number of carbonyl (C=O) groups excluding carboxylic acids is 2. The molecule has 0 bridgehead atoms. The molecule has 0 amide bonds. The van der Waals surface area contributed by atoms with Gasteiger partial charge in [-0.3, -0.25) is 0 Å². The normalized spacial score (nSPS) is 10.7. The van der Waals surface area contributed by atoms with Crippen LogP contribution in [0.15, 0.2) is 34.8 Å². The van der Waals surface area contributed by atoms with Crippen LogP contribution in [-0.2, 0) is 9.47 Å². The second-order valence-corrected chi connectivity index (χ2v) is 6.75. The van der Waals surface area contributed by atoms with Crippen LogP contribution < -0.4 is 0 Å². The molecule has 0 fully saturated rings. The third-order valence-electron chi connectivity index (χ3n) is 3.88. The van der Waals surface area contributed by atoms with Crippen molar-refractivity contribution in [2.24, 2.45) is 0 Å². The Hall–Kier alpha value is -1.88. The number of rotatable bonds is 8. The number of fused-ring (bicyclic) bond motifs is 1. The summed E-state index contributed by atoms with van der Waals surface area (Å²) in [6.45, 7) is 4.82. The van der Waals surface area contributed by atoms with Crippen LogP contribution in [0.1, 0.15) is 60.2 Å². The highest BCUT2D eigenvalue weighted by Gasteiger charge is 2.25. The van der Waals surface area contributed by atoms with Gasteiger partial charge in [0.1, 0.15) is 0 Å². The molecule has 0 aromatic carbocycles. The van der Waals surface area contributed by atoms with Crippen LogP contribution in [0.5, 0.6) is 0 Å². The first-order valence-electron chi connectivity index (χ1n) is 8.65. The summed E-state index contributed by atoms with van der Waals surface area (Å²) in [4.78, 5) is 24.9. The molecule has 0 saturated carbocycles. The Kier molecular flexibility index (Phi) is 7.44. The predicted molar refractivity (Wildman–Crippen MR) is 101 cm³/mol. The molecule has 2 aliphatic carbocycles. The van der Waals surface area contributed by atoms with Crippen LogP contribution in [0.25, 0.3) is 11.1 Å². The molecule has 0 radical (unpaired) electrons. The topological polar surface area (TPSA) is 52.6 Å². The van der Waals surface area contributed by atoms with Gasteiger partial charge in [0.15, 0.2) is 0 Å². The molecule has 4 nitrogen and oxygen atoms in total. The molecule has 0 aromatic heterocycles. The zero-order chi connectivity index (χ0) is 18.2. The van der Waals surface area contributed by atoms with E-state index < -0.39 is 11.9 Å². The first-order chi connectivity index (χ1) is 12.1. The fourth-order valence-electron chi connectivity index (χ4n) is 2.44. The Bertz CT molecular complexity index is 654. The zero-order valence-electron chi connectivity index (χ0n) is 14.6. The van der Waals surface area contributed by atoms with Crippen LogP contribution in [0.4, 0.5) is 0 Å². The van der Waals surface area contributed by atoms with Gasteiger partial charge in [-0.15, -0.1) is 0 Å². The van der Waals surface area contributed by atoms with Crippen molar-refractivity contribution in [3.8, 4) is 11.1 Å². The van der Waals surface area contributed by atoms with Gasteiger partial charge in [0.2, 0.25) is 0 Å². The average Bonchev–Trinajstić information content (AvgIpc) is 2.86. The summed E-state index contributed by atoms with van der Waals surface area (Å²) in [5.41, 5.74) is 2.18. The van der Waals surface area contributed by atoms with Crippen molar-refractivity contribution in [3.05, 3.63) is 45.9 Å². The SMILES string of the molecule is CCCCOC(=O)c1cc(C(=O)OCCCC)c2ccc(Br)ccc1-2. The van der Waals surface area contributed by atoms with Crippen molar-refractivity contribution in [2.45, 2.75) is 39.5 Å². The highest BCUT2D eigenvalue weighted by Crippen LogP contribution is 2.34. The molecular weight excluding hydrogens is 384 g/mol. The molecular formula is C20H23BrO4. The molecule has 5 heteroatoms. The van der Waals surface area contributed by atoms with Crippen molar-refractivity contribution in [2.75, 3.05) is 13.2 Å². The number of unbranched alkanes of at least 4 members (excludes halogenated alkanes) is 2. The number of esters is 2. The Morgan fingerprint density at radius 2 is 1.28 bits per heavy atom. The molecule has 0 heterocycles. The van der Waals surface area contributed by atoms with Crippen LogP contribution >= 0.6 is 15.9 Å². The number of halogens is 1. The van der Waals surface area contributed by atoms with Gasteiger partial charge in [0.05, 0.1) is 24.3 Å². The molecule has 0 aromatic rings. The standard InChI is InChI=1S/C20H23BrO4/c1-3-5-11-24-19(22)17-13-18(20(23)25-12-6-4-2)16-10-8-14(21)7-9-15(16)17/h7-10,13H,3-6,11-12H2,1-2H3. The molecule has 134 valence electrons. The van der Waals surface area contributed by atoms with E-state index in [4.69, 9.17) is 9.47 Å². The summed E-state index contributed by atoms with van der Waals surface area (Å²) >= 11 is 3.42. The lowest BCUT2D eigenvalue weighted by atomic mass is 10.1. The summed E-state index contributed by atoms with van der Waals surface area (Å²) in [7, 11) is 0. The van der Waals surface area contributed by atoms with Crippen LogP contribution in [-0.4, -0.2) is 25.2 Å². The van der Waals surface area contributed by atoms with E-state index in [1.54, 1.807) is 6.07 Å². The minimum absolute atomic E-state index is 0.376. The number of hydrogen-bond donors (Lipinski definition) is 0. The predicted octanol–water partition coefficient (Wildman–Crippen LogP) is 5.47. The fourth-order valence-corrected chi connectivity index (χ4v) is 2.71. The molecule has 0 atom stereocenters. The third-order valence-corrected chi connectivity index (χ3v) is 4.41. The first kappa shape index (κ1) is 19.4. The summed E-state index contributed by atoms with van der Waals surface area (Å²) < 4.78 is 11.5. The smallest absolute Gasteiger partial charge is 0.338 e. The molecule has 2 aliphatic rings. The van der Waals surface area contributed by atoms with Gasteiger partial charge in [0.25, 0.3) is 0 Å². The van der Waals surface area contributed by atoms with Gasteiger partial charge >= 0.3 is 11.9 Å². The highest BCUT2D eigenvalue weighted by molar-refractivity contribution is 9.10. The maximum Gasteiger partial charge on any atom is 0.338 e. The summed E-state index contributed by atoms with van der Waals surface area (Å²) in [5.74, 6) is -0.818. The molecule has 0 unspecified atom stereocenters. The van der Waals surface area contributed by atoms with E-state index in [2.05, 4.69) is 15.9 Å². The Balaban J connectivity index is 2.35. The number of ether oxygens (including phenoxy) is 2. The monoisotopic (exact) mass is 406 g/mol. The third kappa shape index (κ3) is 5.05. The Morgan fingerprint density at radius 1 is 0.840 bits per heavy atom. The van der Waals surface area contributed by atoms with Gasteiger partial charge in [-0.05, 0) is 42.2 Å². The van der Waals surface area contributed by atoms with Gasteiger partial charge in [-0.25, -0.2) is 9.59 Å². The Morgan fingerprint density at radius 3 is 1.68 bits per heavy atom. The summed E-state index contributed by atoms with van der Waals surface area (Å²) in [6, 6.07) is 8.91. The minimum Gasteiger partial charge on any atom is -0.462 e. The maximum atomic E-state index is 12.4. The first-order valence-corrected chi connectivity index (χ1v) is 9.44. The number of hydrogen-bond acceptors (Lipinski definition) is 4. The lowest BCUT2D eigenvalue weighted by molar-refractivity contribution is 0.0499. The van der Waals surface area contributed by atoms with Crippen molar-refractivity contribution < 1.29 is 19.1 Å². The van der Waals surface area contributed by atoms with Crippen LogP contribution in [0, 0.1) is 0 Å². The van der Waals surface area contributed by atoms with Crippen molar-refractivity contribution in [3.63, 3.8) is 0 Å². The Labute approximate surface area is 157 Å². The lowest BCUT2D eigenvalue weighted by Crippen LogP contribution is -2.07. The molecule has 0 spiro atoms. The van der Waals surface area contributed by atoms with Crippen LogP contribution in [0.2, 0.25) is 0 Å². The molecule has 0 N–H and O–H groups in total. The zero-order valence-corrected chi connectivity index (χ0v) is 16.2. The van der Waals surface area contributed by atoms with Gasteiger partial charge in [0, 0.05) is 4.47 Å². The average molecular weight is 407 g/mol. The quantitative estimate of drug-likeness (QED) is 0.430.